The van der Waals surface area contributed by atoms with E-state index < -0.39 is 5.97 Å². The number of aliphatic carboxylic acids is 1. The Morgan fingerprint density at radius 3 is 2.16 bits per heavy atom. The van der Waals surface area contributed by atoms with Gasteiger partial charge in [0.2, 0.25) is 5.91 Å². The molecule has 0 fully saturated rings. The van der Waals surface area contributed by atoms with Crippen LogP contribution in [-0.2, 0) is 29.0 Å². The van der Waals surface area contributed by atoms with Crippen molar-refractivity contribution in [2.75, 3.05) is 6.54 Å². The molecule has 0 atom stereocenters. The number of benzene rings is 2. The van der Waals surface area contributed by atoms with Crippen LogP contribution in [0.2, 0.25) is 0 Å². The molecule has 4 nitrogen and oxygen atoms in total. The van der Waals surface area contributed by atoms with Gasteiger partial charge in [-0.1, -0.05) is 61.5 Å². The minimum atomic E-state index is -0.837. The molecule has 0 aliphatic rings. The molecule has 1 N–H and O–H groups in total. The van der Waals surface area contributed by atoms with Crippen LogP contribution >= 0.6 is 0 Å². The number of amides is 1. The Bertz CT molecular complexity index is 680. The summed E-state index contributed by atoms with van der Waals surface area (Å²) >= 11 is 0. The van der Waals surface area contributed by atoms with Crippen molar-refractivity contribution in [3.05, 3.63) is 71.3 Å². The van der Waals surface area contributed by atoms with Crippen LogP contribution in [-0.4, -0.2) is 28.4 Å². The van der Waals surface area contributed by atoms with Crippen molar-refractivity contribution < 1.29 is 14.7 Å². The largest absolute Gasteiger partial charge is 0.481 e. The zero-order valence-corrected chi connectivity index (χ0v) is 14.6. The van der Waals surface area contributed by atoms with E-state index in [0.29, 0.717) is 13.0 Å². The summed E-state index contributed by atoms with van der Waals surface area (Å²) in [4.78, 5) is 24.8. The molecule has 2 aromatic rings. The summed E-state index contributed by atoms with van der Waals surface area (Å²) in [5, 5.41) is 8.82. The van der Waals surface area contributed by atoms with E-state index in [1.807, 2.05) is 54.3 Å². The van der Waals surface area contributed by atoms with Gasteiger partial charge in [0.1, 0.15) is 0 Å². The quantitative estimate of drug-likeness (QED) is 0.758. The first kappa shape index (κ1) is 18.7. The lowest BCUT2D eigenvalue weighted by Crippen LogP contribution is -2.31. The summed E-state index contributed by atoms with van der Waals surface area (Å²) in [5.74, 6) is -0.695. The molecule has 0 aliphatic carbocycles. The average molecular weight is 339 g/mol. The molecule has 4 heteroatoms. The summed E-state index contributed by atoms with van der Waals surface area (Å²) in [7, 11) is 0. The fraction of sp³-hybridized carbons (Fsp3) is 0.333. The second-order valence-corrected chi connectivity index (χ2v) is 6.15. The molecule has 1 amide bonds. The van der Waals surface area contributed by atoms with E-state index in [0.717, 1.165) is 30.5 Å². The van der Waals surface area contributed by atoms with Gasteiger partial charge in [-0.25, -0.2) is 0 Å². The highest BCUT2D eigenvalue weighted by atomic mass is 16.4. The van der Waals surface area contributed by atoms with Crippen molar-refractivity contribution in [3.8, 4) is 0 Å². The number of hydrogen-bond donors (Lipinski definition) is 1. The predicted octanol–water partition coefficient (Wildman–Crippen LogP) is 3.69. The molecule has 0 aromatic heterocycles. The van der Waals surface area contributed by atoms with Crippen molar-refractivity contribution in [1.82, 2.24) is 4.90 Å². The molecule has 0 radical (unpaired) electrons. The molecule has 132 valence electrons. The number of carboxylic acid groups (broad SMARTS) is 1. The average Bonchev–Trinajstić information content (AvgIpc) is 2.62. The number of carbonyl (C=O) groups is 2. The summed E-state index contributed by atoms with van der Waals surface area (Å²) in [6.07, 6.45) is 2.39. The topological polar surface area (TPSA) is 57.6 Å². The Morgan fingerprint density at radius 2 is 1.56 bits per heavy atom. The molecule has 0 heterocycles. The third kappa shape index (κ3) is 6.42. The normalized spacial score (nSPS) is 10.4. The molecule has 0 bridgehead atoms. The lowest BCUT2D eigenvalue weighted by atomic mass is 10.1. The third-order valence-electron chi connectivity index (χ3n) is 4.14. The standard InChI is InChI=1S/C21H25NO3/c1-2-20(23)22(14-6-9-17-7-4-3-5-8-17)16-19-12-10-18(11-13-19)15-21(24)25/h3-5,7-8,10-13H,2,6,9,14-16H2,1H3,(H,24,25). The second kappa shape index (κ2) is 9.62. The minimum Gasteiger partial charge on any atom is -0.481 e. The number of rotatable bonds is 9. The number of carboxylic acids is 1. The number of nitrogens with zero attached hydrogens (tertiary/aromatic N) is 1. The molecule has 2 rings (SSSR count). The van der Waals surface area contributed by atoms with Gasteiger partial charge < -0.3 is 10.0 Å². The van der Waals surface area contributed by atoms with Gasteiger partial charge in [-0.3, -0.25) is 9.59 Å². The molecule has 0 saturated carbocycles. The van der Waals surface area contributed by atoms with E-state index in [9.17, 15) is 9.59 Å². The number of aryl methyl sites for hydroxylation is 1. The maximum Gasteiger partial charge on any atom is 0.307 e. The molecule has 2 aromatic carbocycles. The minimum absolute atomic E-state index is 0.0228. The molecule has 0 saturated heterocycles. The first-order valence-electron chi connectivity index (χ1n) is 8.69. The first-order chi connectivity index (χ1) is 12.1. The molecular formula is C21H25NO3. The number of hydrogen-bond acceptors (Lipinski definition) is 2. The van der Waals surface area contributed by atoms with Crippen molar-refractivity contribution in [3.63, 3.8) is 0 Å². The van der Waals surface area contributed by atoms with E-state index in [-0.39, 0.29) is 12.3 Å². The van der Waals surface area contributed by atoms with Gasteiger partial charge in [0.25, 0.3) is 0 Å². The van der Waals surface area contributed by atoms with Crippen molar-refractivity contribution in [1.29, 1.82) is 0 Å². The highest BCUT2D eigenvalue weighted by molar-refractivity contribution is 5.75. The highest BCUT2D eigenvalue weighted by Crippen LogP contribution is 2.11. The van der Waals surface area contributed by atoms with Gasteiger partial charge in [-0.15, -0.1) is 0 Å². The van der Waals surface area contributed by atoms with Crippen LogP contribution in [0.5, 0.6) is 0 Å². The monoisotopic (exact) mass is 339 g/mol. The maximum absolute atomic E-state index is 12.2. The second-order valence-electron chi connectivity index (χ2n) is 6.15. The lowest BCUT2D eigenvalue weighted by Gasteiger charge is -2.22. The maximum atomic E-state index is 12.2. The van der Waals surface area contributed by atoms with Gasteiger partial charge in [-0.05, 0) is 29.5 Å². The van der Waals surface area contributed by atoms with Crippen LogP contribution < -0.4 is 0 Å². The van der Waals surface area contributed by atoms with Gasteiger partial charge in [0.05, 0.1) is 6.42 Å². The lowest BCUT2D eigenvalue weighted by molar-refractivity contribution is -0.136. The summed E-state index contributed by atoms with van der Waals surface area (Å²) in [5.41, 5.74) is 3.08. The van der Waals surface area contributed by atoms with Gasteiger partial charge >= 0.3 is 5.97 Å². The van der Waals surface area contributed by atoms with Crippen molar-refractivity contribution >= 4 is 11.9 Å². The smallest absolute Gasteiger partial charge is 0.307 e. The predicted molar refractivity (Wildman–Crippen MR) is 98.3 cm³/mol. The third-order valence-corrected chi connectivity index (χ3v) is 4.14. The summed E-state index contributed by atoms with van der Waals surface area (Å²) < 4.78 is 0. The Hall–Kier alpha value is -2.62. The van der Waals surface area contributed by atoms with Crippen LogP contribution in [0.1, 0.15) is 36.5 Å². The number of carbonyl (C=O) groups excluding carboxylic acids is 1. The molecule has 0 unspecified atom stereocenters. The van der Waals surface area contributed by atoms with Gasteiger partial charge in [-0.2, -0.15) is 0 Å². The van der Waals surface area contributed by atoms with E-state index in [4.69, 9.17) is 5.11 Å². The van der Waals surface area contributed by atoms with Gasteiger partial charge in [0.15, 0.2) is 0 Å². The van der Waals surface area contributed by atoms with Crippen LogP contribution in [0.3, 0.4) is 0 Å². The fourth-order valence-corrected chi connectivity index (χ4v) is 2.79. The first-order valence-corrected chi connectivity index (χ1v) is 8.69. The van der Waals surface area contributed by atoms with Crippen LogP contribution in [0.4, 0.5) is 0 Å². The summed E-state index contributed by atoms with van der Waals surface area (Å²) in [6.45, 7) is 3.16. The van der Waals surface area contributed by atoms with Crippen LogP contribution in [0, 0.1) is 0 Å². The van der Waals surface area contributed by atoms with E-state index in [1.54, 1.807) is 0 Å². The Kier molecular flexibility index (Phi) is 7.20. The van der Waals surface area contributed by atoms with Crippen LogP contribution in [0.15, 0.2) is 54.6 Å². The van der Waals surface area contributed by atoms with Gasteiger partial charge in [0, 0.05) is 19.5 Å². The highest BCUT2D eigenvalue weighted by Gasteiger charge is 2.12. The van der Waals surface area contributed by atoms with Crippen LogP contribution in [0.25, 0.3) is 0 Å². The Morgan fingerprint density at radius 1 is 0.920 bits per heavy atom. The fourth-order valence-electron chi connectivity index (χ4n) is 2.79. The molecule has 25 heavy (non-hydrogen) atoms. The SMILES string of the molecule is CCC(=O)N(CCCc1ccccc1)Cc1ccc(CC(=O)O)cc1. The zero-order valence-electron chi connectivity index (χ0n) is 14.6. The zero-order chi connectivity index (χ0) is 18.1. The van der Waals surface area contributed by atoms with E-state index in [2.05, 4.69) is 12.1 Å². The molecule has 0 spiro atoms. The molecule has 0 aliphatic heterocycles. The Balaban J connectivity index is 1.93. The van der Waals surface area contributed by atoms with Crippen molar-refractivity contribution in [2.45, 2.75) is 39.2 Å². The Labute approximate surface area is 149 Å². The summed E-state index contributed by atoms with van der Waals surface area (Å²) in [6, 6.07) is 17.7. The van der Waals surface area contributed by atoms with E-state index in [1.165, 1.54) is 5.56 Å². The molecular weight excluding hydrogens is 314 g/mol. The van der Waals surface area contributed by atoms with Crippen molar-refractivity contribution in [2.24, 2.45) is 0 Å². The van der Waals surface area contributed by atoms with E-state index >= 15 is 0 Å².